The third-order valence-electron chi connectivity index (χ3n) is 3.09. The lowest BCUT2D eigenvalue weighted by atomic mass is 10.2. The SMILES string of the molecule is COc1ccccc1-c1nnc(SCc2ccccn2)n1N. The van der Waals surface area contributed by atoms with E-state index in [-0.39, 0.29) is 0 Å². The van der Waals surface area contributed by atoms with Gasteiger partial charge in [-0.1, -0.05) is 30.0 Å². The zero-order chi connectivity index (χ0) is 15.4. The number of hydrogen-bond donors (Lipinski definition) is 1. The number of ether oxygens (including phenoxy) is 1. The highest BCUT2D eigenvalue weighted by atomic mass is 32.2. The molecule has 2 aromatic heterocycles. The summed E-state index contributed by atoms with van der Waals surface area (Å²) in [5.41, 5.74) is 1.78. The zero-order valence-corrected chi connectivity index (χ0v) is 12.8. The van der Waals surface area contributed by atoms with Crippen molar-refractivity contribution in [3.05, 3.63) is 54.4 Å². The Morgan fingerprint density at radius 2 is 1.95 bits per heavy atom. The molecule has 0 unspecified atom stereocenters. The lowest BCUT2D eigenvalue weighted by molar-refractivity contribution is 0.416. The van der Waals surface area contributed by atoms with Crippen molar-refractivity contribution < 1.29 is 4.74 Å². The largest absolute Gasteiger partial charge is 0.496 e. The maximum Gasteiger partial charge on any atom is 0.210 e. The monoisotopic (exact) mass is 313 g/mol. The van der Waals surface area contributed by atoms with Gasteiger partial charge in [0.1, 0.15) is 5.75 Å². The number of thioether (sulfide) groups is 1. The van der Waals surface area contributed by atoms with Crippen LogP contribution in [0.2, 0.25) is 0 Å². The van der Waals surface area contributed by atoms with Crippen LogP contribution in [0.25, 0.3) is 11.4 Å². The van der Waals surface area contributed by atoms with Crippen LogP contribution < -0.4 is 10.6 Å². The van der Waals surface area contributed by atoms with Crippen molar-refractivity contribution in [3.63, 3.8) is 0 Å². The first-order valence-corrected chi connectivity index (χ1v) is 7.64. The molecule has 0 spiro atoms. The van der Waals surface area contributed by atoms with Gasteiger partial charge in [0, 0.05) is 11.9 Å². The van der Waals surface area contributed by atoms with Crippen molar-refractivity contribution >= 4 is 11.8 Å². The molecule has 22 heavy (non-hydrogen) atoms. The minimum absolute atomic E-state index is 0.570. The Morgan fingerprint density at radius 1 is 1.14 bits per heavy atom. The van der Waals surface area contributed by atoms with Gasteiger partial charge in [0.15, 0.2) is 5.82 Å². The average Bonchev–Trinajstić information content (AvgIpc) is 2.94. The molecule has 2 N–H and O–H groups in total. The fourth-order valence-electron chi connectivity index (χ4n) is 2.01. The fourth-order valence-corrected chi connectivity index (χ4v) is 2.78. The van der Waals surface area contributed by atoms with E-state index < -0.39 is 0 Å². The highest BCUT2D eigenvalue weighted by Gasteiger charge is 2.15. The van der Waals surface area contributed by atoms with Crippen molar-refractivity contribution in [2.75, 3.05) is 13.0 Å². The van der Waals surface area contributed by atoms with E-state index >= 15 is 0 Å². The van der Waals surface area contributed by atoms with Crippen LogP contribution in [-0.2, 0) is 5.75 Å². The molecule has 7 heteroatoms. The third-order valence-corrected chi connectivity index (χ3v) is 4.06. The van der Waals surface area contributed by atoms with Gasteiger partial charge in [0.05, 0.1) is 18.4 Å². The normalized spacial score (nSPS) is 10.6. The standard InChI is InChI=1S/C15H15N5OS/c1-21-13-8-3-2-7-12(13)14-18-19-15(20(14)16)22-10-11-6-4-5-9-17-11/h2-9H,10,16H2,1H3. The van der Waals surface area contributed by atoms with E-state index in [4.69, 9.17) is 10.6 Å². The van der Waals surface area contributed by atoms with Crippen LogP contribution in [0, 0.1) is 0 Å². The molecule has 0 aliphatic rings. The summed E-state index contributed by atoms with van der Waals surface area (Å²) in [5, 5.41) is 8.95. The van der Waals surface area contributed by atoms with Gasteiger partial charge in [-0.15, -0.1) is 10.2 Å². The molecule has 3 aromatic rings. The molecule has 0 amide bonds. The van der Waals surface area contributed by atoms with Crippen molar-refractivity contribution in [3.8, 4) is 17.1 Å². The van der Waals surface area contributed by atoms with Crippen molar-refractivity contribution in [1.82, 2.24) is 19.9 Å². The zero-order valence-electron chi connectivity index (χ0n) is 12.0. The Hall–Kier alpha value is -2.54. The maximum absolute atomic E-state index is 6.12. The Balaban J connectivity index is 1.83. The molecule has 0 bridgehead atoms. The van der Waals surface area contributed by atoms with Gasteiger partial charge in [0.25, 0.3) is 0 Å². The number of aromatic nitrogens is 4. The first kappa shape index (κ1) is 14.4. The van der Waals surface area contributed by atoms with E-state index in [1.165, 1.54) is 16.4 Å². The molecule has 1 aromatic carbocycles. The van der Waals surface area contributed by atoms with E-state index in [0.717, 1.165) is 11.3 Å². The molecule has 0 radical (unpaired) electrons. The summed E-state index contributed by atoms with van der Waals surface area (Å²) in [4.78, 5) is 4.28. The molecule has 0 atom stereocenters. The molecule has 6 nitrogen and oxygen atoms in total. The molecule has 0 saturated carbocycles. The van der Waals surface area contributed by atoms with Gasteiger partial charge in [-0.05, 0) is 24.3 Å². The van der Waals surface area contributed by atoms with Crippen LogP contribution in [0.4, 0.5) is 0 Å². The van der Waals surface area contributed by atoms with Gasteiger partial charge in [-0.3, -0.25) is 4.98 Å². The van der Waals surface area contributed by atoms with Crippen LogP contribution in [0.5, 0.6) is 5.75 Å². The van der Waals surface area contributed by atoms with Gasteiger partial charge >= 0.3 is 0 Å². The summed E-state index contributed by atoms with van der Waals surface area (Å²) in [6, 6.07) is 13.4. The first-order valence-electron chi connectivity index (χ1n) is 6.66. The number of hydrogen-bond acceptors (Lipinski definition) is 6. The number of nitrogens with zero attached hydrogens (tertiary/aromatic N) is 4. The number of para-hydroxylation sites is 1. The van der Waals surface area contributed by atoms with E-state index in [1.807, 2.05) is 42.5 Å². The topological polar surface area (TPSA) is 78.9 Å². The molecule has 0 aliphatic heterocycles. The lowest BCUT2D eigenvalue weighted by Gasteiger charge is -2.07. The van der Waals surface area contributed by atoms with Gasteiger partial charge in [-0.25, -0.2) is 4.68 Å². The van der Waals surface area contributed by atoms with Crippen LogP contribution >= 0.6 is 11.8 Å². The predicted molar refractivity (Wildman–Crippen MR) is 86.0 cm³/mol. The number of pyridine rings is 1. The Bertz CT molecular complexity index is 760. The molecule has 2 heterocycles. The summed E-state index contributed by atoms with van der Waals surface area (Å²) in [6.07, 6.45) is 1.77. The molecule has 3 rings (SSSR count). The molecule has 0 saturated heterocycles. The molecular formula is C15H15N5OS. The summed E-state index contributed by atoms with van der Waals surface area (Å²) in [7, 11) is 1.62. The maximum atomic E-state index is 6.12. The fraction of sp³-hybridized carbons (Fsp3) is 0.133. The Kier molecular flexibility index (Phi) is 4.24. The number of nitrogens with two attached hydrogens (primary N) is 1. The smallest absolute Gasteiger partial charge is 0.210 e. The Morgan fingerprint density at radius 3 is 2.73 bits per heavy atom. The van der Waals surface area contributed by atoms with Crippen LogP contribution in [0.3, 0.4) is 0 Å². The second kappa shape index (κ2) is 6.48. The number of nitrogen functional groups attached to an aromatic ring is 1. The lowest BCUT2D eigenvalue weighted by Crippen LogP contribution is -2.12. The molecule has 0 aliphatic carbocycles. The van der Waals surface area contributed by atoms with E-state index in [0.29, 0.717) is 22.5 Å². The van der Waals surface area contributed by atoms with Gasteiger partial charge < -0.3 is 10.6 Å². The number of benzene rings is 1. The second-order valence-corrected chi connectivity index (χ2v) is 5.43. The average molecular weight is 313 g/mol. The van der Waals surface area contributed by atoms with Crippen LogP contribution in [-0.4, -0.2) is 27.0 Å². The van der Waals surface area contributed by atoms with Crippen LogP contribution in [0.15, 0.2) is 53.8 Å². The predicted octanol–water partition coefficient (Wildman–Crippen LogP) is 2.35. The highest BCUT2D eigenvalue weighted by molar-refractivity contribution is 7.98. The summed E-state index contributed by atoms with van der Waals surface area (Å²) >= 11 is 1.49. The van der Waals surface area contributed by atoms with Gasteiger partial charge in [-0.2, -0.15) is 0 Å². The summed E-state index contributed by atoms with van der Waals surface area (Å²) < 4.78 is 6.82. The van der Waals surface area contributed by atoms with E-state index in [1.54, 1.807) is 13.3 Å². The summed E-state index contributed by atoms with van der Waals surface area (Å²) in [6.45, 7) is 0. The second-order valence-electron chi connectivity index (χ2n) is 4.49. The number of methoxy groups -OCH3 is 1. The van der Waals surface area contributed by atoms with Crippen molar-refractivity contribution in [1.29, 1.82) is 0 Å². The molecule has 0 fully saturated rings. The summed E-state index contributed by atoms with van der Waals surface area (Å²) in [5.74, 6) is 8.08. The van der Waals surface area contributed by atoms with Crippen molar-refractivity contribution in [2.45, 2.75) is 10.9 Å². The van der Waals surface area contributed by atoms with Crippen LogP contribution in [0.1, 0.15) is 5.69 Å². The molecule has 112 valence electrons. The van der Waals surface area contributed by atoms with Crippen molar-refractivity contribution in [2.24, 2.45) is 0 Å². The Labute approximate surface area is 132 Å². The molecular weight excluding hydrogens is 298 g/mol. The van der Waals surface area contributed by atoms with Gasteiger partial charge in [0.2, 0.25) is 5.16 Å². The van der Waals surface area contributed by atoms with E-state index in [9.17, 15) is 0 Å². The first-order chi connectivity index (χ1) is 10.8. The number of rotatable bonds is 5. The minimum atomic E-state index is 0.570. The quantitative estimate of drug-likeness (QED) is 0.575. The third kappa shape index (κ3) is 2.89. The van der Waals surface area contributed by atoms with E-state index in [2.05, 4.69) is 15.2 Å². The minimum Gasteiger partial charge on any atom is -0.496 e. The highest BCUT2D eigenvalue weighted by Crippen LogP contribution is 2.29.